The molecule has 1 aliphatic rings. The molecule has 0 saturated heterocycles. The Bertz CT molecular complexity index is 566. The van der Waals surface area contributed by atoms with Crippen LogP contribution in [0.5, 0.6) is 0 Å². The lowest BCUT2D eigenvalue weighted by molar-refractivity contribution is 0.0988. The van der Waals surface area contributed by atoms with Crippen LogP contribution >= 0.6 is 11.3 Å². The van der Waals surface area contributed by atoms with Gasteiger partial charge in [0.05, 0.1) is 11.4 Å². The Morgan fingerprint density at radius 1 is 1.61 bits per heavy atom. The van der Waals surface area contributed by atoms with Crippen molar-refractivity contribution in [2.45, 2.75) is 19.9 Å². The molecule has 0 radical (unpaired) electrons. The molecule has 1 amide bonds. The maximum Gasteiger partial charge on any atom is 0.296 e. The lowest BCUT2D eigenvalue weighted by Gasteiger charge is -2.09. The van der Waals surface area contributed by atoms with Crippen LogP contribution in [0.25, 0.3) is 0 Å². The van der Waals surface area contributed by atoms with Crippen molar-refractivity contribution >= 4 is 22.4 Å². The maximum atomic E-state index is 11.8. The number of hydrogen-bond donors (Lipinski definition) is 2. The number of rotatable bonds is 2. The van der Waals surface area contributed by atoms with Crippen molar-refractivity contribution < 1.29 is 9.32 Å². The van der Waals surface area contributed by atoms with E-state index >= 15 is 0 Å². The standard InChI is InChI=1S/C11H12N4O2S/c1-6-4-8(17-15-6)10(16)14-11-13-7-2-3-12-5-9(7)18-11/h4,12H,2-3,5H2,1H3,(H,13,14,16). The largest absolute Gasteiger partial charge is 0.351 e. The second-order valence-electron chi connectivity index (χ2n) is 4.10. The van der Waals surface area contributed by atoms with Gasteiger partial charge in [-0.25, -0.2) is 4.98 Å². The summed E-state index contributed by atoms with van der Waals surface area (Å²) in [5.74, 6) is -0.103. The Hall–Kier alpha value is -1.73. The number of hydrogen-bond acceptors (Lipinski definition) is 6. The molecule has 1 aliphatic heterocycles. The lowest BCUT2D eigenvalue weighted by Crippen LogP contribution is -2.22. The molecule has 94 valence electrons. The fourth-order valence-electron chi connectivity index (χ4n) is 1.81. The lowest BCUT2D eigenvalue weighted by atomic mass is 10.2. The molecule has 2 aromatic rings. The molecule has 0 spiro atoms. The highest BCUT2D eigenvalue weighted by Crippen LogP contribution is 2.25. The van der Waals surface area contributed by atoms with Crippen molar-refractivity contribution in [3.63, 3.8) is 0 Å². The Balaban J connectivity index is 1.76. The van der Waals surface area contributed by atoms with Crippen LogP contribution in [0, 0.1) is 6.92 Å². The van der Waals surface area contributed by atoms with Gasteiger partial charge in [0.25, 0.3) is 5.91 Å². The van der Waals surface area contributed by atoms with Gasteiger partial charge in [0.15, 0.2) is 5.13 Å². The van der Waals surface area contributed by atoms with Gasteiger partial charge in [0, 0.05) is 30.5 Å². The average molecular weight is 264 g/mol. The molecule has 3 heterocycles. The number of nitrogens with one attached hydrogen (secondary N) is 2. The number of anilines is 1. The van der Waals surface area contributed by atoms with Gasteiger partial charge in [-0.1, -0.05) is 5.16 Å². The Morgan fingerprint density at radius 2 is 2.50 bits per heavy atom. The zero-order valence-electron chi connectivity index (χ0n) is 9.82. The monoisotopic (exact) mass is 264 g/mol. The molecular weight excluding hydrogens is 252 g/mol. The predicted octanol–water partition coefficient (Wildman–Crippen LogP) is 1.34. The van der Waals surface area contributed by atoms with Gasteiger partial charge in [0.2, 0.25) is 5.76 Å². The smallest absolute Gasteiger partial charge is 0.296 e. The predicted molar refractivity (Wildman–Crippen MR) is 66.7 cm³/mol. The van der Waals surface area contributed by atoms with E-state index in [-0.39, 0.29) is 11.7 Å². The van der Waals surface area contributed by atoms with Crippen LogP contribution in [-0.2, 0) is 13.0 Å². The first-order valence-corrected chi connectivity index (χ1v) is 6.48. The number of aryl methyl sites for hydroxylation is 1. The highest BCUT2D eigenvalue weighted by molar-refractivity contribution is 7.15. The van der Waals surface area contributed by atoms with Gasteiger partial charge >= 0.3 is 0 Å². The highest BCUT2D eigenvalue weighted by atomic mass is 32.1. The summed E-state index contributed by atoms with van der Waals surface area (Å²) >= 11 is 1.50. The molecule has 2 N–H and O–H groups in total. The SMILES string of the molecule is Cc1cc(C(=O)Nc2nc3c(s2)CNCC3)on1. The van der Waals surface area contributed by atoms with Crippen LogP contribution in [0.4, 0.5) is 5.13 Å². The first kappa shape index (κ1) is 11.4. The van der Waals surface area contributed by atoms with Gasteiger partial charge in [-0.2, -0.15) is 0 Å². The molecule has 3 rings (SSSR count). The third-order valence-electron chi connectivity index (χ3n) is 2.67. The highest BCUT2D eigenvalue weighted by Gasteiger charge is 2.18. The van der Waals surface area contributed by atoms with Gasteiger partial charge in [-0.05, 0) is 6.92 Å². The fraction of sp³-hybridized carbons (Fsp3) is 0.364. The summed E-state index contributed by atoms with van der Waals surface area (Å²) in [4.78, 5) is 17.4. The minimum atomic E-state index is -0.311. The van der Waals surface area contributed by atoms with E-state index in [1.54, 1.807) is 13.0 Å². The van der Waals surface area contributed by atoms with Gasteiger partial charge in [-0.3, -0.25) is 10.1 Å². The van der Waals surface area contributed by atoms with Gasteiger partial charge in [0.1, 0.15) is 0 Å². The molecule has 0 aliphatic carbocycles. The van der Waals surface area contributed by atoms with Crippen molar-refractivity contribution in [2.75, 3.05) is 11.9 Å². The Morgan fingerprint density at radius 3 is 3.22 bits per heavy atom. The number of carbonyl (C=O) groups is 1. The van der Waals surface area contributed by atoms with E-state index in [0.29, 0.717) is 10.8 Å². The van der Waals surface area contributed by atoms with Crippen LogP contribution in [0.15, 0.2) is 10.6 Å². The van der Waals surface area contributed by atoms with E-state index in [2.05, 4.69) is 20.8 Å². The first-order valence-electron chi connectivity index (χ1n) is 5.66. The molecule has 2 aromatic heterocycles. The summed E-state index contributed by atoms with van der Waals surface area (Å²) in [7, 11) is 0. The number of aromatic nitrogens is 2. The average Bonchev–Trinajstić information content (AvgIpc) is 2.94. The van der Waals surface area contributed by atoms with E-state index in [9.17, 15) is 4.79 Å². The summed E-state index contributed by atoms with van der Waals surface area (Å²) in [5, 5.41) is 10.3. The van der Waals surface area contributed by atoms with Crippen LogP contribution in [0.3, 0.4) is 0 Å². The third kappa shape index (κ3) is 2.14. The first-order chi connectivity index (χ1) is 8.72. The summed E-state index contributed by atoms with van der Waals surface area (Å²) < 4.78 is 4.90. The minimum Gasteiger partial charge on any atom is -0.351 e. The molecule has 0 bridgehead atoms. The van der Waals surface area contributed by atoms with Crippen LogP contribution < -0.4 is 10.6 Å². The van der Waals surface area contributed by atoms with Crippen LogP contribution in [0.2, 0.25) is 0 Å². The number of amides is 1. The van der Waals surface area contributed by atoms with Crippen molar-refractivity contribution in [1.29, 1.82) is 0 Å². The van der Waals surface area contributed by atoms with Crippen LogP contribution in [-0.4, -0.2) is 22.6 Å². The Labute approximate surface area is 107 Å². The summed E-state index contributed by atoms with van der Waals surface area (Å²) in [6.45, 7) is 3.53. The molecule has 0 atom stereocenters. The van der Waals surface area contributed by atoms with Gasteiger partial charge < -0.3 is 9.84 Å². The molecule has 18 heavy (non-hydrogen) atoms. The summed E-state index contributed by atoms with van der Waals surface area (Å²) in [6, 6.07) is 1.60. The number of carbonyl (C=O) groups excluding carboxylic acids is 1. The van der Waals surface area contributed by atoms with E-state index in [1.165, 1.54) is 16.2 Å². The molecule has 6 nitrogen and oxygen atoms in total. The zero-order chi connectivity index (χ0) is 12.5. The van der Waals surface area contributed by atoms with E-state index in [1.807, 2.05) is 0 Å². The normalized spacial score (nSPS) is 14.3. The number of fused-ring (bicyclic) bond motifs is 1. The van der Waals surface area contributed by atoms with Gasteiger partial charge in [-0.15, -0.1) is 11.3 Å². The maximum absolute atomic E-state index is 11.8. The topological polar surface area (TPSA) is 80.0 Å². The summed E-state index contributed by atoms with van der Waals surface area (Å²) in [6.07, 6.45) is 0.906. The quantitative estimate of drug-likeness (QED) is 0.855. The Kier molecular flexibility index (Phi) is 2.85. The second-order valence-corrected chi connectivity index (χ2v) is 5.19. The fourth-order valence-corrected chi connectivity index (χ4v) is 2.78. The van der Waals surface area contributed by atoms with Crippen molar-refractivity contribution in [3.05, 3.63) is 28.1 Å². The molecule has 0 unspecified atom stereocenters. The van der Waals surface area contributed by atoms with Crippen molar-refractivity contribution in [1.82, 2.24) is 15.5 Å². The molecule has 0 fully saturated rings. The molecular formula is C11H12N4O2S. The molecule has 7 heteroatoms. The van der Waals surface area contributed by atoms with E-state index in [0.717, 1.165) is 25.2 Å². The van der Waals surface area contributed by atoms with Crippen molar-refractivity contribution in [3.8, 4) is 0 Å². The number of nitrogens with zero attached hydrogens (tertiary/aromatic N) is 2. The van der Waals surface area contributed by atoms with E-state index < -0.39 is 0 Å². The second kappa shape index (κ2) is 4.51. The van der Waals surface area contributed by atoms with E-state index in [4.69, 9.17) is 4.52 Å². The van der Waals surface area contributed by atoms with Crippen LogP contribution in [0.1, 0.15) is 26.8 Å². The third-order valence-corrected chi connectivity index (χ3v) is 3.69. The number of thiazole rings is 1. The zero-order valence-corrected chi connectivity index (χ0v) is 10.6. The molecule has 0 saturated carbocycles. The van der Waals surface area contributed by atoms with Crippen molar-refractivity contribution in [2.24, 2.45) is 0 Å². The molecule has 0 aromatic carbocycles. The summed E-state index contributed by atoms with van der Waals surface area (Å²) in [5.41, 5.74) is 1.76. The minimum absolute atomic E-state index is 0.207.